The lowest BCUT2D eigenvalue weighted by atomic mass is 9.91. The van der Waals surface area contributed by atoms with Crippen molar-refractivity contribution in [2.45, 2.75) is 58.4 Å². The molecule has 1 aliphatic rings. The third-order valence-electron chi connectivity index (χ3n) is 4.09. The Morgan fingerprint density at radius 2 is 2.11 bits per heavy atom. The molecule has 3 nitrogen and oxygen atoms in total. The van der Waals surface area contributed by atoms with Crippen LogP contribution in [0.4, 0.5) is 0 Å². The van der Waals surface area contributed by atoms with Crippen molar-refractivity contribution in [2.24, 2.45) is 13.0 Å². The smallest absolute Gasteiger partial charge is 0.0669 e. The number of hydrogen-bond donors (Lipinski definition) is 1. The van der Waals surface area contributed by atoms with Crippen LogP contribution in [-0.2, 0) is 13.5 Å². The molecule has 0 saturated heterocycles. The summed E-state index contributed by atoms with van der Waals surface area (Å²) in [7, 11) is 2.04. The van der Waals surface area contributed by atoms with E-state index in [1.165, 1.54) is 43.4 Å². The fourth-order valence-corrected chi connectivity index (χ4v) is 3.21. The largest absolute Gasteiger partial charge is 0.310 e. The summed E-state index contributed by atoms with van der Waals surface area (Å²) in [4.78, 5) is 0. The third kappa shape index (κ3) is 2.94. The Morgan fingerprint density at radius 3 is 2.72 bits per heavy atom. The van der Waals surface area contributed by atoms with Gasteiger partial charge in [0.1, 0.15) is 0 Å². The minimum atomic E-state index is 0.524. The maximum atomic E-state index is 4.61. The Balaban J connectivity index is 2.20. The van der Waals surface area contributed by atoms with Gasteiger partial charge in [-0.25, -0.2) is 0 Å². The third-order valence-corrected chi connectivity index (χ3v) is 4.09. The Morgan fingerprint density at radius 1 is 1.39 bits per heavy atom. The molecule has 3 heteroatoms. The molecule has 1 aliphatic carbocycles. The molecule has 1 saturated carbocycles. The summed E-state index contributed by atoms with van der Waals surface area (Å²) < 4.78 is 1.98. The predicted octanol–water partition coefficient (Wildman–Crippen LogP) is 3.21. The fourth-order valence-electron chi connectivity index (χ4n) is 3.21. The molecule has 0 radical (unpaired) electrons. The van der Waals surface area contributed by atoms with Gasteiger partial charge < -0.3 is 5.32 Å². The molecule has 1 aromatic heterocycles. The molecular weight excluding hydrogens is 222 g/mol. The molecule has 0 amide bonds. The van der Waals surface area contributed by atoms with Gasteiger partial charge in [-0.3, -0.25) is 4.68 Å². The average molecular weight is 249 g/mol. The molecular formula is C15H27N3. The van der Waals surface area contributed by atoms with E-state index in [2.05, 4.69) is 30.5 Å². The summed E-state index contributed by atoms with van der Waals surface area (Å²) in [5.41, 5.74) is 2.72. The van der Waals surface area contributed by atoms with Crippen molar-refractivity contribution in [3.8, 4) is 0 Å². The zero-order valence-corrected chi connectivity index (χ0v) is 12.1. The second-order valence-corrected chi connectivity index (χ2v) is 5.53. The number of nitrogens with one attached hydrogen (secondary N) is 1. The van der Waals surface area contributed by atoms with Crippen molar-refractivity contribution >= 4 is 0 Å². The maximum absolute atomic E-state index is 4.61. The minimum absolute atomic E-state index is 0.524. The fraction of sp³-hybridized carbons (Fsp3) is 0.800. The highest BCUT2D eigenvalue weighted by Crippen LogP contribution is 2.36. The lowest BCUT2D eigenvalue weighted by Crippen LogP contribution is -2.28. The Labute approximate surface area is 111 Å². The van der Waals surface area contributed by atoms with Crippen molar-refractivity contribution in [3.63, 3.8) is 0 Å². The number of aryl methyl sites for hydroxylation is 2. The topological polar surface area (TPSA) is 29.9 Å². The lowest BCUT2D eigenvalue weighted by Gasteiger charge is -2.24. The molecule has 0 aliphatic heterocycles. The summed E-state index contributed by atoms with van der Waals surface area (Å²) >= 11 is 0. The number of nitrogens with zero attached hydrogens (tertiary/aromatic N) is 2. The van der Waals surface area contributed by atoms with Crippen LogP contribution in [0.2, 0.25) is 0 Å². The van der Waals surface area contributed by atoms with Crippen LogP contribution < -0.4 is 5.32 Å². The van der Waals surface area contributed by atoms with E-state index in [0.717, 1.165) is 18.9 Å². The van der Waals surface area contributed by atoms with E-state index < -0.39 is 0 Å². The molecule has 2 rings (SSSR count). The van der Waals surface area contributed by atoms with Crippen molar-refractivity contribution in [2.75, 3.05) is 6.54 Å². The van der Waals surface area contributed by atoms with E-state index >= 15 is 0 Å². The van der Waals surface area contributed by atoms with E-state index in [1.807, 2.05) is 11.7 Å². The number of aromatic nitrogens is 2. The van der Waals surface area contributed by atoms with Crippen molar-refractivity contribution in [1.29, 1.82) is 0 Å². The van der Waals surface area contributed by atoms with E-state index in [4.69, 9.17) is 0 Å². The van der Waals surface area contributed by atoms with Gasteiger partial charge in [0.2, 0.25) is 0 Å². The van der Waals surface area contributed by atoms with E-state index in [1.54, 1.807) is 0 Å². The second kappa shape index (κ2) is 6.37. The molecule has 0 bridgehead atoms. The van der Waals surface area contributed by atoms with E-state index in [0.29, 0.717) is 6.04 Å². The number of rotatable bonds is 6. The first kappa shape index (κ1) is 13.6. The Hall–Kier alpha value is -0.830. The molecule has 102 valence electrons. The SMILES string of the molecule is CCCNC(c1cn(C)nc1CC)C1CCCC1. The first-order valence-electron chi connectivity index (χ1n) is 7.52. The highest BCUT2D eigenvalue weighted by molar-refractivity contribution is 5.22. The summed E-state index contributed by atoms with van der Waals surface area (Å²) in [6.07, 6.45) is 10.0. The highest BCUT2D eigenvalue weighted by Gasteiger charge is 2.28. The summed E-state index contributed by atoms with van der Waals surface area (Å²) in [6.45, 7) is 5.55. The molecule has 0 spiro atoms. The molecule has 1 atom stereocenters. The molecule has 1 N–H and O–H groups in total. The van der Waals surface area contributed by atoms with Gasteiger partial charge >= 0.3 is 0 Å². The normalized spacial score (nSPS) is 18.4. The van der Waals surface area contributed by atoms with Crippen molar-refractivity contribution in [3.05, 3.63) is 17.5 Å². The standard InChI is InChI=1S/C15H27N3/c1-4-10-16-15(12-8-6-7-9-12)13-11-18(3)17-14(13)5-2/h11-12,15-16H,4-10H2,1-3H3. The van der Waals surface area contributed by atoms with Gasteiger partial charge in [-0.05, 0) is 38.1 Å². The van der Waals surface area contributed by atoms with E-state index in [9.17, 15) is 0 Å². The lowest BCUT2D eigenvalue weighted by molar-refractivity contribution is 0.366. The number of hydrogen-bond acceptors (Lipinski definition) is 2. The first-order chi connectivity index (χ1) is 8.76. The highest BCUT2D eigenvalue weighted by atomic mass is 15.3. The van der Waals surface area contributed by atoms with Crippen molar-refractivity contribution in [1.82, 2.24) is 15.1 Å². The van der Waals surface area contributed by atoms with Crippen LogP contribution in [0, 0.1) is 5.92 Å². The molecule has 1 heterocycles. The molecule has 1 unspecified atom stereocenters. The maximum Gasteiger partial charge on any atom is 0.0669 e. The second-order valence-electron chi connectivity index (χ2n) is 5.53. The quantitative estimate of drug-likeness (QED) is 0.839. The van der Waals surface area contributed by atoms with Gasteiger partial charge in [0.15, 0.2) is 0 Å². The molecule has 0 aromatic carbocycles. The van der Waals surface area contributed by atoms with Crippen LogP contribution >= 0.6 is 0 Å². The molecule has 1 aromatic rings. The minimum Gasteiger partial charge on any atom is -0.310 e. The van der Waals surface area contributed by atoms with Crippen LogP contribution in [-0.4, -0.2) is 16.3 Å². The Kier molecular flexibility index (Phi) is 4.81. The van der Waals surface area contributed by atoms with Gasteiger partial charge in [-0.2, -0.15) is 5.10 Å². The van der Waals surface area contributed by atoms with Gasteiger partial charge in [0.25, 0.3) is 0 Å². The van der Waals surface area contributed by atoms with Gasteiger partial charge in [0.05, 0.1) is 5.69 Å². The van der Waals surface area contributed by atoms with Gasteiger partial charge in [-0.1, -0.05) is 26.7 Å². The van der Waals surface area contributed by atoms with E-state index in [-0.39, 0.29) is 0 Å². The zero-order chi connectivity index (χ0) is 13.0. The van der Waals surface area contributed by atoms with Crippen LogP contribution in [0.3, 0.4) is 0 Å². The van der Waals surface area contributed by atoms with Crippen LogP contribution in [0.1, 0.15) is 63.3 Å². The zero-order valence-electron chi connectivity index (χ0n) is 12.1. The Bertz CT molecular complexity index is 364. The summed E-state index contributed by atoms with van der Waals surface area (Å²) in [5.74, 6) is 0.811. The van der Waals surface area contributed by atoms with Gasteiger partial charge in [0, 0.05) is 24.8 Å². The molecule has 1 fully saturated rings. The molecule has 18 heavy (non-hydrogen) atoms. The van der Waals surface area contributed by atoms with Crippen molar-refractivity contribution < 1.29 is 0 Å². The monoisotopic (exact) mass is 249 g/mol. The summed E-state index contributed by atoms with van der Waals surface area (Å²) in [5, 5.41) is 8.37. The van der Waals surface area contributed by atoms with Crippen LogP contribution in [0.5, 0.6) is 0 Å². The van der Waals surface area contributed by atoms with Crippen LogP contribution in [0.25, 0.3) is 0 Å². The predicted molar refractivity (Wildman–Crippen MR) is 75.6 cm³/mol. The average Bonchev–Trinajstić information content (AvgIpc) is 2.99. The van der Waals surface area contributed by atoms with Gasteiger partial charge in [-0.15, -0.1) is 0 Å². The first-order valence-corrected chi connectivity index (χ1v) is 7.52. The van der Waals surface area contributed by atoms with Crippen LogP contribution in [0.15, 0.2) is 6.20 Å². The summed E-state index contributed by atoms with van der Waals surface area (Å²) in [6, 6.07) is 0.524.